The van der Waals surface area contributed by atoms with E-state index in [-0.39, 0.29) is 5.91 Å². The normalized spacial score (nSPS) is 16.4. The number of aliphatic imine (C=N–C) groups is 1. The molecule has 0 bridgehead atoms. The Morgan fingerprint density at radius 1 is 1.35 bits per heavy atom. The maximum atomic E-state index is 13.0. The van der Waals surface area contributed by atoms with Gasteiger partial charge in [-0.25, -0.2) is 0 Å². The molecule has 134 valence electrons. The van der Waals surface area contributed by atoms with Crippen LogP contribution in [-0.4, -0.2) is 24.2 Å². The molecule has 1 aromatic heterocycles. The molecule has 1 amide bonds. The molecule has 0 saturated heterocycles. The number of hydrogen-bond donors (Lipinski definition) is 1. The van der Waals surface area contributed by atoms with Crippen LogP contribution in [0, 0.1) is 0 Å². The van der Waals surface area contributed by atoms with Gasteiger partial charge in [-0.05, 0) is 61.0 Å². The fourth-order valence-corrected chi connectivity index (χ4v) is 3.56. The molecule has 0 saturated carbocycles. The second-order valence-electron chi connectivity index (χ2n) is 6.75. The summed E-state index contributed by atoms with van der Waals surface area (Å²) in [4.78, 5) is 23.1. The van der Waals surface area contributed by atoms with Gasteiger partial charge in [0.25, 0.3) is 5.91 Å². The number of amides is 1. The zero-order valence-corrected chi connectivity index (χ0v) is 15.8. The molecule has 0 unspecified atom stereocenters. The molecular weight excluding hydrogens is 348 g/mol. The highest BCUT2D eigenvalue weighted by Crippen LogP contribution is 2.42. The zero-order chi connectivity index (χ0) is 18.9. The van der Waals surface area contributed by atoms with Crippen LogP contribution < -0.4 is 10.6 Å². The van der Waals surface area contributed by atoms with Gasteiger partial charge in [-0.2, -0.15) is 0 Å². The van der Waals surface area contributed by atoms with Crippen molar-refractivity contribution in [3.05, 3.63) is 70.1 Å². The Hall–Kier alpha value is -2.66. The van der Waals surface area contributed by atoms with Crippen molar-refractivity contribution < 1.29 is 4.79 Å². The van der Waals surface area contributed by atoms with Crippen LogP contribution in [-0.2, 0) is 12.0 Å². The lowest BCUT2D eigenvalue weighted by molar-refractivity contribution is 0.0982. The molecule has 0 radical (unpaired) electrons. The molecule has 6 heteroatoms. The monoisotopic (exact) mass is 368 g/mol. The minimum atomic E-state index is -0.519. The van der Waals surface area contributed by atoms with Gasteiger partial charge in [0.1, 0.15) is 0 Å². The summed E-state index contributed by atoms with van der Waals surface area (Å²) in [5, 5.41) is 0.620. The Morgan fingerprint density at radius 3 is 2.81 bits per heavy atom. The van der Waals surface area contributed by atoms with Crippen molar-refractivity contribution in [1.29, 1.82) is 0 Å². The van der Waals surface area contributed by atoms with Gasteiger partial charge < -0.3 is 5.73 Å². The quantitative estimate of drug-likeness (QED) is 0.836. The number of nitrogens with two attached hydrogens (primary N) is 1. The number of benzene rings is 1. The van der Waals surface area contributed by atoms with E-state index in [9.17, 15) is 4.79 Å². The van der Waals surface area contributed by atoms with Crippen molar-refractivity contribution in [1.82, 2.24) is 4.98 Å². The summed E-state index contributed by atoms with van der Waals surface area (Å²) < 4.78 is 0. The molecule has 3 rings (SSSR count). The summed E-state index contributed by atoms with van der Waals surface area (Å²) >= 11 is 6.15. The third-order valence-corrected chi connectivity index (χ3v) is 4.82. The highest BCUT2D eigenvalue weighted by atomic mass is 35.5. The number of carbonyl (C=O) groups excluding carboxylic acids is 1. The van der Waals surface area contributed by atoms with Crippen LogP contribution in [0.5, 0.6) is 0 Å². The first-order valence-electron chi connectivity index (χ1n) is 8.30. The fourth-order valence-electron chi connectivity index (χ4n) is 3.39. The highest BCUT2D eigenvalue weighted by molar-refractivity contribution is 6.31. The molecule has 1 aliphatic rings. The largest absolute Gasteiger partial charge is 0.404 e. The average Bonchev–Trinajstić information content (AvgIpc) is 2.80. The standard InChI is InChI=1S/C20H21ClN4O/c1-20(2)18-8-15(21)4-5-17(18)19(26)25(20)16-7-13(11-24-12-16)6-14(9-22)10-23-3/h4-5,7-12H,6,22H2,1-3H3/b14-9-,23-10?. The number of rotatable bonds is 4. The molecule has 1 aliphatic heterocycles. The van der Waals surface area contributed by atoms with Crippen molar-refractivity contribution in [2.75, 3.05) is 11.9 Å². The second kappa shape index (κ2) is 6.92. The minimum absolute atomic E-state index is 0.0506. The lowest BCUT2D eigenvalue weighted by atomic mass is 9.93. The number of carbonyl (C=O) groups is 1. The highest BCUT2D eigenvalue weighted by Gasteiger charge is 2.44. The van der Waals surface area contributed by atoms with Gasteiger partial charge in [0.05, 0.1) is 17.4 Å². The summed E-state index contributed by atoms with van der Waals surface area (Å²) in [6.07, 6.45) is 7.32. The number of hydrogen-bond acceptors (Lipinski definition) is 4. The van der Waals surface area contributed by atoms with E-state index in [0.29, 0.717) is 17.0 Å². The van der Waals surface area contributed by atoms with Crippen LogP contribution in [0.1, 0.15) is 35.3 Å². The molecular formula is C20H21ClN4O. The van der Waals surface area contributed by atoms with Gasteiger partial charge in [0.2, 0.25) is 0 Å². The van der Waals surface area contributed by atoms with Gasteiger partial charge in [-0.3, -0.25) is 19.7 Å². The fraction of sp³-hybridized carbons (Fsp3) is 0.250. The average molecular weight is 369 g/mol. The summed E-state index contributed by atoms with van der Waals surface area (Å²) in [6, 6.07) is 7.35. The van der Waals surface area contributed by atoms with Crippen molar-refractivity contribution in [2.45, 2.75) is 25.8 Å². The minimum Gasteiger partial charge on any atom is -0.404 e. The van der Waals surface area contributed by atoms with Crippen molar-refractivity contribution >= 4 is 29.4 Å². The van der Waals surface area contributed by atoms with Crippen LogP contribution in [0.3, 0.4) is 0 Å². The van der Waals surface area contributed by atoms with Crippen molar-refractivity contribution in [3.63, 3.8) is 0 Å². The molecule has 0 spiro atoms. The third-order valence-electron chi connectivity index (χ3n) is 4.59. The van der Waals surface area contributed by atoms with E-state index in [4.69, 9.17) is 17.3 Å². The van der Waals surface area contributed by atoms with E-state index in [0.717, 1.165) is 22.4 Å². The van der Waals surface area contributed by atoms with E-state index in [1.807, 2.05) is 26.0 Å². The van der Waals surface area contributed by atoms with Gasteiger partial charge in [0.15, 0.2) is 0 Å². The molecule has 26 heavy (non-hydrogen) atoms. The maximum Gasteiger partial charge on any atom is 0.259 e. The number of anilines is 1. The topological polar surface area (TPSA) is 71.6 Å². The molecule has 2 heterocycles. The number of fused-ring (bicyclic) bond motifs is 1. The summed E-state index contributed by atoms with van der Waals surface area (Å²) in [7, 11) is 1.70. The van der Waals surface area contributed by atoms with Crippen LogP contribution in [0.4, 0.5) is 5.69 Å². The van der Waals surface area contributed by atoms with Gasteiger partial charge >= 0.3 is 0 Å². The predicted octanol–water partition coefficient (Wildman–Crippen LogP) is 3.72. The van der Waals surface area contributed by atoms with Crippen LogP contribution in [0.2, 0.25) is 5.02 Å². The molecule has 5 nitrogen and oxygen atoms in total. The molecule has 0 aliphatic carbocycles. The Kier molecular flexibility index (Phi) is 4.83. The Labute approximate surface area is 158 Å². The first-order chi connectivity index (χ1) is 12.4. The van der Waals surface area contributed by atoms with Crippen molar-refractivity contribution in [3.8, 4) is 0 Å². The summed E-state index contributed by atoms with van der Waals surface area (Å²) in [5.41, 5.74) is 9.31. The maximum absolute atomic E-state index is 13.0. The first kappa shape index (κ1) is 18.1. The van der Waals surface area contributed by atoms with E-state index in [1.165, 1.54) is 6.20 Å². The van der Waals surface area contributed by atoms with Gasteiger partial charge in [-0.1, -0.05) is 11.6 Å². The number of nitrogens with zero attached hydrogens (tertiary/aromatic N) is 3. The number of aromatic nitrogens is 1. The number of halogens is 1. The number of pyridine rings is 1. The molecule has 1 aromatic carbocycles. The Morgan fingerprint density at radius 2 is 2.12 bits per heavy atom. The number of allylic oxidation sites excluding steroid dienone is 1. The van der Waals surface area contributed by atoms with E-state index >= 15 is 0 Å². The molecule has 0 fully saturated rings. The van der Waals surface area contributed by atoms with E-state index in [2.05, 4.69) is 9.98 Å². The summed E-state index contributed by atoms with van der Waals surface area (Å²) in [5.74, 6) is -0.0506. The van der Waals surface area contributed by atoms with Gasteiger partial charge in [0, 0.05) is 36.5 Å². The van der Waals surface area contributed by atoms with E-state index < -0.39 is 5.54 Å². The smallest absolute Gasteiger partial charge is 0.259 e. The van der Waals surface area contributed by atoms with Crippen LogP contribution in [0.15, 0.2) is 53.4 Å². The lowest BCUT2D eigenvalue weighted by Crippen LogP contribution is -2.39. The van der Waals surface area contributed by atoms with Gasteiger partial charge in [-0.15, -0.1) is 0 Å². The SMILES string of the molecule is CN=C/C(=C\N)Cc1cncc(N2C(=O)c3ccc(Cl)cc3C2(C)C)c1. The lowest BCUT2D eigenvalue weighted by Gasteiger charge is -2.32. The molecule has 0 atom stereocenters. The Bertz CT molecular complexity index is 918. The first-order valence-corrected chi connectivity index (χ1v) is 8.67. The summed E-state index contributed by atoms with van der Waals surface area (Å²) in [6.45, 7) is 4.02. The van der Waals surface area contributed by atoms with Crippen LogP contribution in [0.25, 0.3) is 0 Å². The predicted molar refractivity (Wildman–Crippen MR) is 106 cm³/mol. The molecule has 2 N–H and O–H groups in total. The second-order valence-corrected chi connectivity index (χ2v) is 7.18. The molecule has 2 aromatic rings. The third kappa shape index (κ3) is 3.10. The van der Waals surface area contributed by atoms with Crippen molar-refractivity contribution in [2.24, 2.45) is 10.7 Å². The Balaban J connectivity index is 2.00. The van der Waals surface area contributed by atoms with E-state index in [1.54, 1.807) is 42.7 Å². The van der Waals surface area contributed by atoms with Crippen LogP contribution >= 0.6 is 11.6 Å². The zero-order valence-electron chi connectivity index (χ0n) is 15.0.